The number of aromatic nitrogens is 2. The lowest BCUT2D eigenvalue weighted by molar-refractivity contribution is 0.528. The van der Waals surface area contributed by atoms with Crippen molar-refractivity contribution in [1.82, 2.24) is 15.2 Å². The minimum absolute atomic E-state index is 0.0596. The van der Waals surface area contributed by atoms with Gasteiger partial charge in [-0.25, -0.2) is 0 Å². The molecule has 0 fully saturated rings. The van der Waals surface area contributed by atoms with E-state index in [0.29, 0.717) is 0 Å². The van der Waals surface area contributed by atoms with Gasteiger partial charge in [-0.1, -0.05) is 41.1 Å². The Morgan fingerprint density at radius 1 is 1.45 bits per heavy atom. The minimum Gasteiger partial charge on any atom is -0.272 e. The van der Waals surface area contributed by atoms with Crippen LogP contribution in [0, 0.1) is 6.92 Å². The van der Waals surface area contributed by atoms with E-state index in [2.05, 4.69) is 64.6 Å². The van der Waals surface area contributed by atoms with Crippen LogP contribution in [0.15, 0.2) is 28.7 Å². The van der Waals surface area contributed by atoms with Crippen LogP contribution in [0.1, 0.15) is 35.5 Å². The summed E-state index contributed by atoms with van der Waals surface area (Å²) < 4.78 is 3.05. The minimum atomic E-state index is 0.0596. The predicted molar refractivity (Wildman–Crippen MR) is 85.2 cm³/mol. The van der Waals surface area contributed by atoms with Gasteiger partial charge in [0.25, 0.3) is 0 Å². The van der Waals surface area contributed by atoms with Crippen LogP contribution in [0.4, 0.5) is 0 Å². The average molecular weight is 337 g/mol. The highest BCUT2D eigenvalue weighted by Crippen LogP contribution is 2.28. The summed E-state index contributed by atoms with van der Waals surface area (Å²) >= 11 is 3.65. The third kappa shape index (κ3) is 3.11. The van der Waals surface area contributed by atoms with Crippen molar-refractivity contribution < 1.29 is 0 Å². The van der Waals surface area contributed by atoms with Crippen LogP contribution >= 0.6 is 15.9 Å². The number of nitrogens with one attached hydrogen (secondary N) is 1. The van der Waals surface area contributed by atoms with Gasteiger partial charge in [0.05, 0.1) is 11.7 Å². The molecule has 0 bridgehead atoms. The number of halogens is 1. The van der Waals surface area contributed by atoms with E-state index in [9.17, 15) is 0 Å². The topological polar surface area (TPSA) is 55.9 Å². The average Bonchev–Trinajstić information content (AvgIpc) is 2.80. The third-order valence-corrected chi connectivity index (χ3v) is 4.68. The summed E-state index contributed by atoms with van der Waals surface area (Å²) in [6, 6.07) is 8.44. The molecule has 1 heterocycles. The molecule has 0 aliphatic carbocycles. The zero-order valence-electron chi connectivity index (χ0n) is 12.2. The zero-order valence-corrected chi connectivity index (χ0v) is 13.7. The second-order valence-electron chi connectivity index (χ2n) is 5.01. The summed E-state index contributed by atoms with van der Waals surface area (Å²) in [6.45, 7) is 4.20. The van der Waals surface area contributed by atoms with Crippen molar-refractivity contribution in [1.29, 1.82) is 0 Å². The van der Waals surface area contributed by atoms with E-state index >= 15 is 0 Å². The molecule has 0 saturated carbocycles. The Morgan fingerprint density at radius 3 is 2.80 bits per heavy atom. The first-order valence-corrected chi connectivity index (χ1v) is 7.59. The van der Waals surface area contributed by atoms with Crippen molar-refractivity contribution in [2.75, 3.05) is 0 Å². The number of hydrazine groups is 1. The van der Waals surface area contributed by atoms with Gasteiger partial charge in [-0.15, -0.1) is 0 Å². The molecule has 4 nitrogen and oxygen atoms in total. The van der Waals surface area contributed by atoms with Crippen molar-refractivity contribution in [2.24, 2.45) is 12.9 Å². The molecule has 0 amide bonds. The fraction of sp³-hybridized carbons (Fsp3) is 0.400. The number of hydrogen-bond donors (Lipinski definition) is 2. The Labute approximate surface area is 128 Å². The molecule has 0 aliphatic rings. The highest BCUT2D eigenvalue weighted by atomic mass is 79.9. The summed E-state index contributed by atoms with van der Waals surface area (Å²) in [7, 11) is 1.98. The quantitative estimate of drug-likeness (QED) is 0.652. The molecule has 2 aromatic rings. The Morgan fingerprint density at radius 2 is 2.20 bits per heavy atom. The molecule has 0 spiro atoms. The lowest BCUT2D eigenvalue weighted by Gasteiger charge is -2.19. The summed E-state index contributed by atoms with van der Waals surface area (Å²) in [6.07, 6.45) is 1.75. The molecule has 3 N–H and O–H groups in total. The molecule has 1 atom stereocenters. The Bertz CT molecular complexity index is 592. The van der Waals surface area contributed by atoms with Crippen molar-refractivity contribution in [3.05, 3.63) is 51.3 Å². The van der Waals surface area contributed by atoms with Crippen LogP contribution in [0.2, 0.25) is 0 Å². The van der Waals surface area contributed by atoms with Crippen LogP contribution in [0.3, 0.4) is 0 Å². The lowest BCUT2D eigenvalue weighted by Crippen LogP contribution is -2.30. The SMILES string of the molecule is CCc1cc(CC(NN)c2cccc(C)c2Br)n(C)n1. The standard InChI is InChI=1S/C15H21BrN4/c1-4-11-8-12(20(3)19-11)9-14(18-17)13-7-5-6-10(2)15(13)16/h5-8,14,18H,4,9,17H2,1-3H3. The first-order chi connectivity index (χ1) is 9.56. The van der Waals surface area contributed by atoms with Gasteiger partial charge in [0.15, 0.2) is 0 Å². The summed E-state index contributed by atoms with van der Waals surface area (Å²) in [4.78, 5) is 0. The molecule has 20 heavy (non-hydrogen) atoms. The van der Waals surface area contributed by atoms with Crippen molar-refractivity contribution in [3.8, 4) is 0 Å². The predicted octanol–water partition coefficient (Wildman–Crippen LogP) is 2.80. The fourth-order valence-corrected chi connectivity index (χ4v) is 2.88. The fourth-order valence-electron chi connectivity index (χ4n) is 2.34. The first kappa shape index (κ1) is 15.2. The van der Waals surface area contributed by atoms with Gasteiger partial charge >= 0.3 is 0 Å². The molecule has 0 saturated heterocycles. The van der Waals surface area contributed by atoms with Gasteiger partial charge in [0, 0.05) is 23.6 Å². The number of aryl methyl sites for hydroxylation is 3. The Hall–Kier alpha value is -1.17. The zero-order chi connectivity index (χ0) is 14.7. The number of benzene rings is 1. The Kier molecular flexibility index (Phi) is 4.96. The van der Waals surface area contributed by atoms with Gasteiger partial charge in [0.2, 0.25) is 0 Å². The summed E-state index contributed by atoms with van der Waals surface area (Å²) in [5.74, 6) is 5.76. The van der Waals surface area contributed by atoms with Gasteiger partial charge in [-0.3, -0.25) is 16.0 Å². The van der Waals surface area contributed by atoms with E-state index in [-0.39, 0.29) is 6.04 Å². The van der Waals surface area contributed by atoms with Gasteiger partial charge in [0.1, 0.15) is 0 Å². The number of hydrogen-bond acceptors (Lipinski definition) is 3. The van der Waals surface area contributed by atoms with E-state index in [1.54, 1.807) is 0 Å². The third-order valence-electron chi connectivity index (χ3n) is 3.60. The number of rotatable bonds is 5. The van der Waals surface area contributed by atoms with Crippen molar-refractivity contribution >= 4 is 15.9 Å². The molecular weight excluding hydrogens is 316 g/mol. The highest BCUT2D eigenvalue weighted by Gasteiger charge is 2.17. The second-order valence-corrected chi connectivity index (χ2v) is 5.80. The molecule has 0 radical (unpaired) electrons. The van der Waals surface area contributed by atoms with Crippen LogP contribution < -0.4 is 11.3 Å². The molecule has 1 aromatic heterocycles. The van der Waals surface area contributed by atoms with Crippen molar-refractivity contribution in [2.45, 2.75) is 32.7 Å². The normalized spacial score (nSPS) is 12.7. The largest absolute Gasteiger partial charge is 0.272 e. The molecule has 1 aromatic carbocycles. The molecule has 108 valence electrons. The van der Waals surface area contributed by atoms with Crippen LogP contribution in [-0.2, 0) is 19.9 Å². The monoisotopic (exact) mass is 336 g/mol. The van der Waals surface area contributed by atoms with Crippen LogP contribution in [0.5, 0.6) is 0 Å². The summed E-state index contributed by atoms with van der Waals surface area (Å²) in [5.41, 5.74) is 7.59. The number of nitrogens with two attached hydrogens (primary N) is 1. The maximum absolute atomic E-state index is 5.76. The van der Waals surface area contributed by atoms with Gasteiger partial charge in [-0.05, 0) is 30.5 Å². The maximum Gasteiger partial charge on any atom is 0.0624 e. The van der Waals surface area contributed by atoms with E-state index in [4.69, 9.17) is 5.84 Å². The Balaban J connectivity index is 2.28. The molecule has 5 heteroatoms. The van der Waals surface area contributed by atoms with E-state index in [1.807, 2.05) is 11.7 Å². The highest BCUT2D eigenvalue weighted by molar-refractivity contribution is 9.10. The van der Waals surface area contributed by atoms with Crippen LogP contribution in [-0.4, -0.2) is 9.78 Å². The van der Waals surface area contributed by atoms with Crippen LogP contribution in [0.25, 0.3) is 0 Å². The first-order valence-electron chi connectivity index (χ1n) is 6.79. The van der Waals surface area contributed by atoms with E-state index in [1.165, 1.54) is 16.8 Å². The van der Waals surface area contributed by atoms with Gasteiger partial charge in [-0.2, -0.15) is 5.10 Å². The smallest absolute Gasteiger partial charge is 0.0624 e. The molecule has 2 rings (SSSR count). The molecular formula is C15H21BrN4. The van der Waals surface area contributed by atoms with E-state index in [0.717, 1.165) is 23.0 Å². The second kappa shape index (κ2) is 6.52. The van der Waals surface area contributed by atoms with Gasteiger partial charge < -0.3 is 0 Å². The molecule has 0 aliphatic heterocycles. The van der Waals surface area contributed by atoms with E-state index < -0.39 is 0 Å². The van der Waals surface area contributed by atoms with Crippen molar-refractivity contribution in [3.63, 3.8) is 0 Å². The maximum atomic E-state index is 5.76. The summed E-state index contributed by atoms with van der Waals surface area (Å²) in [5, 5.41) is 4.49. The lowest BCUT2D eigenvalue weighted by atomic mass is 10.0. The number of nitrogens with zero attached hydrogens (tertiary/aromatic N) is 2. The molecule has 1 unspecified atom stereocenters.